The van der Waals surface area contributed by atoms with E-state index in [1.807, 2.05) is 24.3 Å². The van der Waals surface area contributed by atoms with Crippen molar-refractivity contribution in [1.29, 1.82) is 0 Å². The number of H-pyrrole nitrogens is 1. The van der Waals surface area contributed by atoms with Crippen molar-refractivity contribution in [3.63, 3.8) is 0 Å². The summed E-state index contributed by atoms with van der Waals surface area (Å²) in [5, 5.41) is 15.4. The van der Waals surface area contributed by atoms with Gasteiger partial charge in [-0.15, -0.1) is 11.3 Å². The fourth-order valence-corrected chi connectivity index (χ4v) is 4.66. The molecule has 4 N–H and O–H groups in total. The van der Waals surface area contributed by atoms with Crippen LogP contribution < -0.4 is 10.6 Å². The molecule has 2 aromatic heterocycles. The molecule has 4 rings (SSSR count). The molecular formula is C19H16ClN3O4S. The quantitative estimate of drug-likeness (QED) is 0.478. The Labute approximate surface area is 168 Å². The van der Waals surface area contributed by atoms with Gasteiger partial charge in [-0.05, 0) is 29.7 Å². The maximum absolute atomic E-state index is 12.7. The molecule has 0 spiro atoms. The normalized spacial score (nSPS) is 18.0. The molecule has 2 atom stereocenters. The Morgan fingerprint density at radius 1 is 1.21 bits per heavy atom. The number of benzene rings is 1. The highest BCUT2D eigenvalue weighted by Crippen LogP contribution is 2.32. The summed E-state index contributed by atoms with van der Waals surface area (Å²) in [5.41, 5.74) is 2.29. The molecule has 0 unspecified atom stereocenters. The summed E-state index contributed by atoms with van der Waals surface area (Å²) in [4.78, 5) is 39.4. The van der Waals surface area contributed by atoms with Crippen LogP contribution in [0.1, 0.15) is 34.1 Å². The van der Waals surface area contributed by atoms with Gasteiger partial charge in [-0.3, -0.25) is 14.4 Å². The number of carboxylic acids is 1. The summed E-state index contributed by atoms with van der Waals surface area (Å²) in [6.07, 6.45) is -0.0756. The fraction of sp³-hybridized carbons (Fsp3) is 0.211. The van der Waals surface area contributed by atoms with Gasteiger partial charge < -0.3 is 20.7 Å². The van der Waals surface area contributed by atoms with Crippen molar-refractivity contribution < 1.29 is 19.5 Å². The zero-order valence-electron chi connectivity index (χ0n) is 14.5. The Morgan fingerprint density at radius 3 is 2.75 bits per heavy atom. The van der Waals surface area contributed by atoms with Crippen LogP contribution in [0.15, 0.2) is 36.4 Å². The summed E-state index contributed by atoms with van der Waals surface area (Å²) < 4.78 is 0.639. The van der Waals surface area contributed by atoms with E-state index in [4.69, 9.17) is 16.7 Å². The number of aromatic nitrogens is 1. The van der Waals surface area contributed by atoms with Crippen molar-refractivity contribution in [3.05, 3.63) is 57.6 Å². The largest absolute Gasteiger partial charge is 0.481 e. The van der Waals surface area contributed by atoms with Crippen molar-refractivity contribution >= 4 is 50.9 Å². The molecule has 28 heavy (non-hydrogen) atoms. The van der Waals surface area contributed by atoms with Crippen LogP contribution in [0.25, 0.3) is 10.2 Å². The molecular weight excluding hydrogens is 402 g/mol. The zero-order chi connectivity index (χ0) is 19.8. The van der Waals surface area contributed by atoms with Crippen molar-refractivity contribution in [2.75, 3.05) is 0 Å². The predicted octanol–water partition coefficient (Wildman–Crippen LogP) is 2.87. The fourth-order valence-electron chi connectivity index (χ4n) is 3.53. The lowest BCUT2D eigenvalue weighted by Gasteiger charge is -2.22. The summed E-state index contributed by atoms with van der Waals surface area (Å²) in [5.74, 6) is -2.09. The first-order chi connectivity index (χ1) is 13.4. The average Bonchev–Trinajstić information content (AvgIpc) is 3.26. The third kappa shape index (κ3) is 3.61. The van der Waals surface area contributed by atoms with Gasteiger partial charge in [-0.25, -0.2) is 0 Å². The number of halogens is 1. The number of hydrogen-bond donors (Lipinski definition) is 4. The molecule has 144 valence electrons. The minimum Gasteiger partial charge on any atom is -0.481 e. The highest BCUT2D eigenvalue weighted by Gasteiger charge is 2.35. The van der Waals surface area contributed by atoms with Crippen LogP contribution in [0.4, 0.5) is 0 Å². The Morgan fingerprint density at radius 2 is 2.00 bits per heavy atom. The molecule has 9 heteroatoms. The van der Waals surface area contributed by atoms with Crippen molar-refractivity contribution in [3.8, 4) is 0 Å². The molecule has 3 aromatic rings. The lowest BCUT2D eigenvalue weighted by atomic mass is 10.1. The van der Waals surface area contributed by atoms with E-state index in [1.54, 1.807) is 12.1 Å². The maximum atomic E-state index is 12.7. The first kappa shape index (κ1) is 18.5. The summed E-state index contributed by atoms with van der Waals surface area (Å²) >= 11 is 7.32. The van der Waals surface area contributed by atoms with Crippen LogP contribution in [0.2, 0.25) is 4.34 Å². The summed E-state index contributed by atoms with van der Waals surface area (Å²) in [6, 6.07) is 10.2. The molecule has 0 fully saturated rings. The summed E-state index contributed by atoms with van der Waals surface area (Å²) in [6.45, 7) is 0. The van der Waals surface area contributed by atoms with E-state index in [1.165, 1.54) is 11.3 Å². The van der Waals surface area contributed by atoms with E-state index >= 15 is 0 Å². The van der Waals surface area contributed by atoms with Crippen molar-refractivity contribution in [2.24, 2.45) is 0 Å². The van der Waals surface area contributed by atoms with E-state index in [0.29, 0.717) is 16.5 Å². The first-order valence-corrected chi connectivity index (χ1v) is 9.78. The van der Waals surface area contributed by atoms with Crippen LogP contribution in [0, 0.1) is 0 Å². The molecule has 0 saturated carbocycles. The predicted molar refractivity (Wildman–Crippen MR) is 106 cm³/mol. The third-order valence-corrected chi connectivity index (χ3v) is 5.90. The molecule has 7 nitrogen and oxygen atoms in total. The van der Waals surface area contributed by atoms with Crippen LogP contribution in [-0.4, -0.2) is 33.9 Å². The minimum atomic E-state index is -1.20. The van der Waals surface area contributed by atoms with Gasteiger partial charge >= 0.3 is 5.97 Å². The van der Waals surface area contributed by atoms with Gasteiger partial charge in [0.15, 0.2) is 0 Å². The molecule has 1 aliphatic rings. The second-order valence-corrected chi connectivity index (χ2v) is 8.30. The Hall–Kier alpha value is -2.84. The van der Waals surface area contributed by atoms with E-state index in [9.17, 15) is 14.4 Å². The number of rotatable bonds is 5. The van der Waals surface area contributed by atoms with Gasteiger partial charge in [0.1, 0.15) is 16.9 Å². The van der Waals surface area contributed by atoms with E-state index in [-0.39, 0.29) is 11.9 Å². The van der Waals surface area contributed by atoms with E-state index in [2.05, 4.69) is 15.6 Å². The Kier molecular flexibility index (Phi) is 4.82. The van der Waals surface area contributed by atoms with Gasteiger partial charge in [-0.1, -0.05) is 35.9 Å². The maximum Gasteiger partial charge on any atom is 0.312 e. The number of amides is 2. The first-order valence-electron chi connectivity index (χ1n) is 8.58. The highest BCUT2D eigenvalue weighted by molar-refractivity contribution is 7.22. The van der Waals surface area contributed by atoms with Gasteiger partial charge in [0.2, 0.25) is 5.91 Å². The summed E-state index contributed by atoms with van der Waals surface area (Å²) in [7, 11) is 0. The third-order valence-electron chi connectivity index (χ3n) is 4.70. The van der Waals surface area contributed by atoms with Gasteiger partial charge in [0, 0.05) is 5.39 Å². The number of carbonyl (C=O) groups excluding carboxylic acids is 2. The molecule has 0 saturated heterocycles. The second kappa shape index (κ2) is 7.29. The molecule has 2 heterocycles. The van der Waals surface area contributed by atoms with Crippen LogP contribution >= 0.6 is 22.9 Å². The number of thiophene rings is 1. The second-order valence-electron chi connectivity index (χ2n) is 6.62. The Balaban J connectivity index is 1.54. The smallest absolute Gasteiger partial charge is 0.312 e. The van der Waals surface area contributed by atoms with Crippen LogP contribution in [0.3, 0.4) is 0 Å². The standard InChI is InChI=1S/C19H16ClN3O4S/c20-14-7-10-6-13(22-19(10)28-14)18(27)21-12-5-9-3-1-2-4-11(9)17(12)23-15(24)8-16(25)26/h1-4,6-7,12,17,22H,5,8H2,(H,21,27)(H,23,24)(H,25,26)/t12-,17-/m1/s1. The van der Waals surface area contributed by atoms with E-state index < -0.39 is 24.3 Å². The SMILES string of the molecule is O=C(O)CC(=O)N[C@@H]1c2ccccc2C[C@H]1NC(=O)c1cc2cc(Cl)sc2[nH]1. The van der Waals surface area contributed by atoms with Gasteiger partial charge in [0.25, 0.3) is 5.91 Å². The number of aliphatic carboxylic acids is 1. The van der Waals surface area contributed by atoms with Crippen LogP contribution in [-0.2, 0) is 16.0 Å². The molecule has 1 aromatic carbocycles. The van der Waals surface area contributed by atoms with Crippen molar-refractivity contribution in [2.45, 2.75) is 24.9 Å². The molecule has 0 aliphatic heterocycles. The minimum absolute atomic E-state index is 0.296. The number of aromatic amines is 1. The number of fused-ring (bicyclic) bond motifs is 2. The number of nitrogens with one attached hydrogen (secondary N) is 3. The molecule has 2 amide bonds. The van der Waals surface area contributed by atoms with Crippen molar-refractivity contribution in [1.82, 2.24) is 15.6 Å². The highest BCUT2D eigenvalue weighted by atomic mass is 35.5. The average molecular weight is 418 g/mol. The molecule has 0 bridgehead atoms. The van der Waals surface area contributed by atoms with Gasteiger partial charge in [0.05, 0.1) is 16.4 Å². The lowest BCUT2D eigenvalue weighted by molar-refractivity contribution is -0.140. The zero-order valence-corrected chi connectivity index (χ0v) is 16.1. The lowest BCUT2D eigenvalue weighted by Crippen LogP contribution is -2.44. The Bertz CT molecular complexity index is 1060. The van der Waals surface area contributed by atoms with Gasteiger partial charge in [-0.2, -0.15) is 0 Å². The number of hydrogen-bond acceptors (Lipinski definition) is 4. The number of carboxylic acid groups (broad SMARTS) is 1. The molecule has 0 radical (unpaired) electrons. The van der Waals surface area contributed by atoms with E-state index in [0.717, 1.165) is 21.3 Å². The topological polar surface area (TPSA) is 111 Å². The monoisotopic (exact) mass is 417 g/mol. The number of carbonyl (C=O) groups is 3. The van der Waals surface area contributed by atoms with Crippen LogP contribution in [0.5, 0.6) is 0 Å². The molecule has 1 aliphatic carbocycles.